The highest BCUT2D eigenvalue weighted by atomic mass is 127. The van der Waals surface area contributed by atoms with Crippen LogP contribution in [0, 0.1) is 9.39 Å². The Kier molecular flexibility index (Phi) is 5.65. The van der Waals surface area contributed by atoms with Crippen LogP contribution < -0.4 is 4.74 Å². The van der Waals surface area contributed by atoms with Crippen LogP contribution in [0.25, 0.3) is 0 Å². The second kappa shape index (κ2) is 7.06. The predicted octanol–water partition coefficient (Wildman–Crippen LogP) is 4.96. The van der Waals surface area contributed by atoms with Crippen molar-refractivity contribution in [1.29, 1.82) is 0 Å². The number of ether oxygens (including phenoxy) is 1. The molecule has 1 atom stereocenters. The van der Waals surface area contributed by atoms with Gasteiger partial charge in [0.2, 0.25) is 0 Å². The minimum absolute atomic E-state index is 0.0367. The van der Waals surface area contributed by atoms with Gasteiger partial charge in [-0.3, -0.25) is 0 Å². The molecule has 0 radical (unpaired) electrons. The molecule has 0 aliphatic carbocycles. The first-order valence-corrected chi connectivity index (χ1v) is 7.94. The van der Waals surface area contributed by atoms with Crippen molar-refractivity contribution in [3.63, 3.8) is 0 Å². The zero-order valence-corrected chi connectivity index (χ0v) is 14.6. The number of benzene rings is 2. The molecule has 1 unspecified atom stereocenters. The molecule has 0 aromatic heterocycles. The van der Waals surface area contributed by atoms with Crippen molar-refractivity contribution in [1.82, 2.24) is 0 Å². The molecule has 0 fully saturated rings. The molecular formula is C14H10BrClFIO2. The van der Waals surface area contributed by atoms with Crippen LogP contribution in [0.4, 0.5) is 4.39 Å². The molecular weight excluding hydrogens is 461 g/mol. The van der Waals surface area contributed by atoms with Gasteiger partial charge in [0.1, 0.15) is 24.3 Å². The van der Waals surface area contributed by atoms with Gasteiger partial charge in [-0.15, -0.1) is 0 Å². The van der Waals surface area contributed by atoms with Gasteiger partial charge in [-0.05, 0) is 62.8 Å². The topological polar surface area (TPSA) is 29.5 Å². The molecule has 2 nitrogen and oxygen atoms in total. The molecule has 0 spiro atoms. The Morgan fingerprint density at radius 1 is 1.35 bits per heavy atom. The lowest BCUT2D eigenvalue weighted by Gasteiger charge is -2.15. The normalized spacial score (nSPS) is 12.2. The van der Waals surface area contributed by atoms with Crippen LogP contribution in [0.2, 0.25) is 5.02 Å². The smallest absolute Gasteiger partial charge is 0.133 e. The summed E-state index contributed by atoms with van der Waals surface area (Å²) in [5.74, 6) is 0.0888. The van der Waals surface area contributed by atoms with Crippen molar-refractivity contribution in [3.05, 3.63) is 60.8 Å². The maximum absolute atomic E-state index is 13.7. The van der Waals surface area contributed by atoms with Gasteiger partial charge in [0.25, 0.3) is 0 Å². The van der Waals surface area contributed by atoms with E-state index in [1.165, 1.54) is 18.2 Å². The molecule has 20 heavy (non-hydrogen) atoms. The van der Waals surface area contributed by atoms with Gasteiger partial charge in [-0.2, -0.15) is 0 Å². The first kappa shape index (κ1) is 16.0. The Morgan fingerprint density at radius 3 is 2.80 bits per heavy atom. The molecule has 0 heterocycles. The maximum atomic E-state index is 13.7. The third-order valence-corrected chi connectivity index (χ3v) is 5.38. The molecule has 0 saturated carbocycles. The van der Waals surface area contributed by atoms with Gasteiger partial charge in [-0.25, -0.2) is 4.39 Å². The highest BCUT2D eigenvalue weighted by Gasteiger charge is 2.15. The van der Waals surface area contributed by atoms with E-state index in [4.69, 9.17) is 16.3 Å². The minimum atomic E-state index is -1.05. The number of rotatable bonds is 4. The molecule has 0 amide bonds. The second-order valence-corrected chi connectivity index (χ2v) is 6.41. The summed E-state index contributed by atoms with van der Waals surface area (Å²) in [4.78, 5) is 0. The monoisotopic (exact) mass is 470 g/mol. The lowest BCUT2D eigenvalue weighted by Crippen LogP contribution is -2.11. The van der Waals surface area contributed by atoms with Gasteiger partial charge in [0, 0.05) is 15.1 Å². The van der Waals surface area contributed by atoms with E-state index in [9.17, 15) is 9.50 Å². The molecule has 106 valence electrons. The van der Waals surface area contributed by atoms with E-state index in [2.05, 4.69) is 38.5 Å². The molecule has 2 rings (SSSR count). The van der Waals surface area contributed by atoms with E-state index in [0.29, 0.717) is 10.8 Å². The number of hydrogen-bond acceptors (Lipinski definition) is 2. The number of hydrogen-bond donors (Lipinski definition) is 1. The van der Waals surface area contributed by atoms with Crippen molar-refractivity contribution in [3.8, 4) is 5.75 Å². The molecule has 1 N–H and O–H groups in total. The predicted molar refractivity (Wildman–Crippen MR) is 88.7 cm³/mol. The fraction of sp³-hybridized carbons (Fsp3) is 0.143. The first-order valence-electron chi connectivity index (χ1n) is 5.69. The quantitative estimate of drug-likeness (QED) is 0.639. The zero-order chi connectivity index (χ0) is 14.7. The molecule has 2 aromatic carbocycles. The summed E-state index contributed by atoms with van der Waals surface area (Å²) in [6.07, 6.45) is -1.05. The molecule has 2 aromatic rings. The van der Waals surface area contributed by atoms with Gasteiger partial charge in [-0.1, -0.05) is 23.7 Å². The molecule has 6 heteroatoms. The van der Waals surface area contributed by atoms with E-state index in [0.717, 1.165) is 8.04 Å². The molecule has 0 aliphatic rings. The SMILES string of the molecule is OC(COc1cccc(Br)c1I)c1ccc(Cl)cc1F. The lowest BCUT2D eigenvalue weighted by molar-refractivity contribution is 0.104. The summed E-state index contributed by atoms with van der Waals surface area (Å²) in [5, 5.41) is 10.3. The van der Waals surface area contributed by atoms with Crippen LogP contribution in [0.3, 0.4) is 0 Å². The number of aliphatic hydroxyl groups excluding tert-OH is 1. The van der Waals surface area contributed by atoms with Crippen molar-refractivity contribution in [2.45, 2.75) is 6.10 Å². The minimum Gasteiger partial charge on any atom is -0.489 e. The van der Waals surface area contributed by atoms with Crippen molar-refractivity contribution in [2.24, 2.45) is 0 Å². The van der Waals surface area contributed by atoms with Crippen LogP contribution in [0.15, 0.2) is 40.9 Å². The van der Waals surface area contributed by atoms with Crippen LogP contribution in [-0.4, -0.2) is 11.7 Å². The Labute approximate surface area is 143 Å². The number of aliphatic hydroxyl groups is 1. The van der Waals surface area contributed by atoms with Gasteiger partial charge < -0.3 is 9.84 Å². The van der Waals surface area contributed by atoms with Crippen molar-refractivity contribution >= 4 is 50.1 Å². The molecule has 0 bridgehead atoms. The van der Waals surface area contributed by atoms with E-state index in [-0.39, 0.29) is 12.2 Å². The highest BCUT2D eigenvalue weighted by molar-refractivity contribution is 14.1. The average Bonchev–Trinajstić information content (AvgIpc) is 2.40. The van der Waals surface area contributed by atoms with Crippen LogP contribution >= 0.6 is 50.1 Å². The highest BCUT2D eigenvalue weighted by Crippen LogP contribution is 2.29. The van der Waals surface area contributed by atoms with Gasteiger partial charge in [0.05, 0.1) is 3.57 Å². The zero-order valence-electron chi connectivity index (χ0n) is 10.1. The van der Waals surface area contributed by atoms with E-state index < -0.39 is 11.9 Å². The van der Waals surface area contributed by atoms with Crippen molar-refractivity contribution in [2.75, 3.05) is 6.61 Å². The van der Waals surface area contributed by atoms with E-state index in [1.807, 2.05) is 12.1 Å². The third kappa shape index (κ3) is 3.84. The first-order chi connectivity index (χ1) is 9.49. The van der Waals surface area contributed by atoms with Crippen LogP contribution in [-0.2, 0) is 0 Å². The van der Waals surface area contributed by atoms with Crippen LogP contribution in [0.1, 0.15) is 11.7 Å². The summed E-state index contributed by atoms with van der Waals surface area (Å²) >= 11 is 11.2. The summed E-state index contributed by atoms with van der Waals surface area (Å²) in [5.41, 5.74) is 0.166. The Bertz CT molecular complexity index is 624. The summed E-state index contributed by atoms with van der Waals surface area (Å²) in [7, 11) is 0. The Hall–Kier alpha value is -0.370. The maximum Gasteiger partial charge on any atom is 0.133 e. The standard InChI is InChI=1S/C14H10BrClFIO2/c15-10-2-1-3-13(14(10)18)20-7-12(19)9-5-4-8(16)6-11(9)17/h1-6,12,19H,7H2. The van der Waals surface area contributed by atoms with E-state index in [1.54, 1.807) is 6.07 Å². The Balaban J connectivity index is 2.08. The Morgan fingerprint density at radius 2 is 2.10 bits per heavy atom. The summed E-state index contributed by atoms with van der Waals surface area (Å²) in [6.45, 7) is -0.0367. The average molecular weight is 471 g/mol. The summed E-state index contributed by atoms with van der Waals surface area (Å²) < 4.78 is 21.0. The van der Waals surface area contributed by atoms with Crippen LogP contribution in [0.5, 0.6) is 5.75 Å². The molecule has 0 saturated heterocycles. The fourth-order valence-corrected chi connectivity index (χ4v) is 2.65. The third-order valence-electron chi connectivity index (χ3n) is 2.63. The summed E-state index contributed by atoms with van der Waals surface area (Å²) in [6, 6.07) is 9.67. The lowest BCUT2D eigenvalue weighted by atomic mass is 10.1. The second-order valence-electron chi connectivity index (χ2n) is 4.04. The van der Waals surface area contributed by atoms with E-state index >= 15 is 0 Å². The van der Waals surface area contributed by atoms with Gasteiger partial charge in [0.15, 0.2) is 0 Å². The van der Waals surface area contributed by atoms with Gasteiger partial charge >= 0.3 is 0 Å². The largest absolute Gasteiger partial charge is 0.489 e. The fourth-order valence-electron chi connectivity index (χ4n) is 1.63. The van der Waals surface area contributed by atoms with Crippen molar-refractivity contribution < 1.29 is 14.2 Å². The number of halogens is 4. The molecule has 0 aliphatic heterocycles.